The molecule has 88 valence electrons. The summed E-state index contributed by atoms with van der Waals surface area (Å²) >= 11 is 0. The van der Waals surface area contributed by atoms with E-state index < -0.39 is 0 Å². The number of rotatable bonds is 3. The molecule has 4 nitrogen and oxygen atoms in total. The topological polar surface area (TPSA) is 54.2 Å². The predicted octanol–water partition coefficient (Wildman–Crippen LogP) is 2.47. The van der Waals surface area contributed by atoms with Gasteiger partial charge in [0.1, 0.15) is 5.82 Å². The molecule has 1 aromatic carbocycles. The van der Waals surface area contributed by atoms with E-state index in [0.29, 0.717) is 5.82 Å². The Hall–Kier alpha value is -2.23. The van der Waals surface area contributed by atoms with Gasteiger partial charge in [0.05, 0.1) is 17.1 Å². The van der Waals surface area contributed by atoms with Crippen LogP contribution >= 0.6 is 0 Å². The van der Waals surface area contributed by atoms with Gasteiger partial charge in [-0.15, -0.1) is 0 Å². The average Bonchev–Trinajstić information content (AvgIpc) is 2.32. The van der Waals surface area contributed by atoms with Gasteiger partial charge in [-0.2, -0.15) is 0 Å². The van der Waals surface area contributed by atoms with Gasteiger partial charge in [0, 0.05) is 20.3 Å². The Kier molecular flexibility index (Phi) is 3.14. The molecule has 0 aliphatic heterocycles. The lowest BCUT2D eigenvalue weighted by molar-refractivity contribution is 1.13. The fourth-order valence-electron chi connectivity index (χ4n) is 1.64. The zero-order valence-corrected chi connectivity index (χ0v) is 10.0. The molecule has 0 aliphatic rings. The van der Waals surface area contributed by atoms with Crippen LogP contribution in [0.4, 0.5) is 22.9 Å². The molecule has 1 heterocycles. The van der Waals surface area contributed by atoms with Gasteiger partial charge in [-0.25, -0.2) is 4.98 Å². The number of nitrogens with one attached hydrogen (secondary N) is 1. The number of hydrogen-bond donors (Lipinski definition) is 2. The molecule has 0 saturated carbocycles. The minimum absolute atomic E-state index is 0.501. The number of hydrogen-bond acceptors (Lipinski definition) is 4. The van der Waals surface area contributed by atoms with Crippen molar-refractivity contribution in [3.05, 3.63) is 42.6 Å². The molecular formula is C13H16N4. The molecule has 0 fully saturated rings. The molecule has 4 heteroatoms. The second-order valence-corrected chi connectivity index (χ2v) is 3.97. The Morgan fingerprint density at radius 3 is 2.47 bits per heavy atom. The van der Waals surface area contributed by atoms with Gasteiger partial charge in [-0.05, 0) is 24.3 Å². The summed E-state index contributed by atoms with van der Waals surface area (Å²) in [6.07, 6.45) is 1.68. The highest BCUT2D eigenvalue weighted by atomic mass is 15.1. The van der Waals surface area contributed by atoms with Gasteiger partial charge in [0.25, 0.3) is 0 Å². The Bertz CT molecular complexity index is 508. The first-order valence-electron chi connectivity index (χ1n) is 5.42. The number of anilines is 4. The highest BCUT2D eigenvalue weighted by Gasteiger charge is 2.05. The molecular weight excluding hydrogens is 212 g/mol. The van der Waals surface area contributed by atoms with E-state index in [1.165, 1.54) is 0 Å². The van der Waals surface area contributed by atoms with Crippen LogP contribution in [-0.2, 0) is 0 Å². The van der Waals surface area contributed by atoms with Crippen molar-refractivity contribution in [3.63, 3.8) is 0 Å². The highest BCUT2D eigenvalue weighted by Crippen LogP contribution is 2.28. The Labute approximate surface area is 101 Å². The average molecular weight is 228 g/mol. The summed E-state index contributed by atoms with van der Waals surface area (Å²) in [4.78, 5) is 6.10. The van der Waals surface area contributed by atoms with Crippen LogP contribution in [-0.4, -0.2) is 19.1 Å². The van der Waals surface area contributed by atoms with E-state index in [0.717, 1.165) is 17.1 Å². The molecule has 0 aliphatic carbocycles. The van der Waals surface area contributed by atoms with Crippen molar-refractivity contribution in [2.24, 2.45) is 0 Å². The molecule has 17 heavy (non-hydrogen) atoms. The zero-order valence-electron chi connectivity index (χ0n) is 10.0. The molecule has 0 amide bonds. The summed E-state index contributed by atoms with van der Waals surface area (Å²) in [5, 5.41) is 3.29. The number of nitrogens with two attached hydrogens (primary N) is 1. The molecule has 2 aromatic rings. The van der Waals surface area contributed by atoms with Crippen LogP contribution in [0.15, 0.2) is 42.6 Å². The van der Waals surface area contributed by atoms with Crippen molar-refractivity contribution in [1.29, 1.82) is 0 Å². The summed E-state index contributed by atoms with van der Waals surface area (Å²) in [5.41, 5.74) is 8.75. The van der Waals surface area contributed by atoms with Crippen molar-refractivity contribution >= 4 is 22.9 Å². The normalized spacial score (nSPS) is 10.0. The van der Waals surface area contributed by atoms with Gasteiger partial charge < -0.3 is 16.0 Å². The third kappa shape index (κ3) is 2.47. The van der Waals surface area contributed by atoms with Crippen LogP contribution in [0, 0.1) is 0 Å². The van der Waals surface area contributed by atoms with Crippen molar-refractivity contribution in [2.75, 3.05) is 30.0 Å². The Morgan fingerprint density at radius 2 is 1.76 bits per heavy atom. The molecule has 0 unspecified atom stereocenters. The maximum Gasteiger partial charge on any atom is 0.147 e. The third-order valence-electron chi connectivity index (χ3n) is 2.49. The van der Waals surface area contributed by atoms with Crippen molar-refractivity contribution in [2.45, 2.75) is 0 Å². The predicted molar refractivity (Wildman–Crippen MR) is 72.7 cm³/mol. The monoisotopic (exact) mass is 228 g/mol. The maximum atomic E-state index is 5.81. The summed E-state index contributed by atoms with van der Waals surface area (Å²) in [5.74, 6) is 0.501. The minimum atomic E-state index is 0.501. The first-order chi connectivity index (χ1) is 8.18. The van der Waals surface area contributed by atoms with E-state index in [1.807, 2.05) is 44.4 Å². The summed E-state index contributed by atoms with van der Waals surface area (Å²) in [6.45, 7) is 0. The standard InChI is InChI=1S/C13H16N4/c1-17(2)12-8-4-3-6-10(12)16-11-7-5-9-15-13(11)14/h3-9,16H,1-2H3,(H2,14,15). The molecule has 0 spiro atoms. The van der Waals surface area contributed by atoms with Gasteiger partial charge >= 0.3 is 0 Å². The molecule has 1 aromatic heterocycles. The highest BCUT2D eigenvalue weighted by molar-refractivity contribution is 5.78. The Balaban J connectivity index is 2.34. The number of para-hydroxylation sites is 2. The van der Waals surface area contributed by atoms with Gasteiger partial charge in [0.2, 0.25) is 0 Å². The smallest absolute Gasteiger partial charge is 0.147 e. The van der Waals surface area contributed by atoms with Crippen LogP contribution in [0.5, 0.6) is 0 Å². The van der Waals surface area contributed by atoms with Crippen molar-refractivity contribution in [1.82, 2.24) is 4.98 Å². The van der Waals surface area contributed by atoms with Gasteiger partial charge in [-0.1, -0.05) is 12.1 Å². The fourth-order valence-corrected chi connectivity index (χ4v) is 1.64. The van der Waals surface area contributed by atoms with E-state index in [2.05, 4.69) is 21.3 Å². The quantitative estimate of drug-likeness (QED) is 0.847. The summed E-state index contributed by atoms with van der Waals surface area (Å²) in [7, 11) is 4.01. The SMILES string of the molecule is CN(C)c1ccccc1Nc1cccnc1N. The second kappa shape index (κ2) is 4.74. The van der Waals surface area contributed by atoms with Gasteiger partial charge in [0.15, 0.2) is 0 Å². The number of benzene rings is 1. The van der Waals surface area contributed by atoms with Crippen LogP contribution < -0.4 is 16.0 Å². The number of nitrogen functional groups attached to an aromatic ring is 1. The largest absolute Gasteiger partial charge is 0.382 e. The van der Waals surface area contributed by atoms with Gasteiger partial charge in [-0.3, -0.25) is 0 Å². The number of pyridine rings is 1. The first kappa shape index (κ1) is 11.3. The van der Waals surface area contributed by atoms with Crippen molar-refractivity contribution in [3.8, 4) is 0 Å². The molecule has 0 saturated heterocycles. The Morgan fingerprint density at radius 1 is 1.06 bits per heavy atom. The molecule has 3 N–H and O–H groups in total. The molecule has 0 radical (unpaired) electrons. The first-order valence-corrected chi connectivity index (χ1v) is 5.42. The molecule has 0 bridgehead atoms. The van der Waals surface area contributed by atoms with E-state index in [4.69, 9.17) is 5.73 Å². The van der Waals surface area contributed by atoms with Crippen LogP contribution in [0.2, 0.25) is 0 Å². The summed E-state index contributed by atoms with van der Waals surface area (Å²) in [6, 6.07) is 11.8. The van der Waals surface area contributed by atoms with E-state index in [-0.39, 0.29) is 0 Å². The van der Waals surface area contributed by atoms with Crippen LogP contribution in [0.3, 0.4) is 0 Å². The van der Waals surface area contributed by atoms with Crippen LogP contribution in [0.25, 0.3) is 0 Å². The third-order valence-corrected chi connectivity index (χ3v) is 2.49. The second-order valence-electron chi connectivity index (χ2n) is 3.97. The minimum Gasteiger partial charge on any atom is -0.382 e. The maximum absolute atomic E-state index is 5.81. The van der Waals surface area contributed by atoms with E-state index >= 15 is 0 Å². The van der Waals surface area contributed by atoms with E-state index in [1.54, 1.807) is 6.20 Å². The number of nitrogens with zero attached hydrogens (tertiary/aromatic N) is 2. The lowest BCUT2D eigenvalue weighted by Crippen LogP contribution is -2.11. The summed E-state index contributed by atoms with van der Waals surface area (Å²) < 4.78 is 0. The lowest BCUT2D eigenvalue weighted by atomic mass is 10.2. The van der Waals surface area contributed by atoms with E-state index in [9.17, 15) is 0 Å². The molecule has 2 rings (SSSR count). The molecule has 0 atom stereocenters. The van der Waals surface area contributed by atoms with Crippen molar-refractivity contribution < 1.29 is 0 Å². The lowest BCUT2D eigenvalue weighted by Gasteiger charge is -2.18. The fraction of sp³-hybridized carbons (Fsp3) is 0.154. The zero-order chi connectivity index (χ0) is 12.3. The number of aromatic nitrogens is 1. The van der Waals surface area contributed by atoms with Crippen LogP contribution in [0.1, 0.15) is 0 Å².